The van der Waals surface area contributed by atoms with E-state index in [1.165, 1.54) is 4.90 Å². The first-order valence-corrected chi connectivity index (χ1v) is 6.90. The summed E-state index contributed by atoms with van der Waals surface area (Å²) >= 11 is 0. The zero-order valence-electron chi connectivity index (χ0n) is 11.3. The molecule has 0 aromatic heterocycles. The summed E-state index contributed by atoms with van der Waals surface area (Å²) in [7, 11) is 0. The molecule has 2 rings (SSSR count). The average Bonchev–Trinajstić information content (AvgIpc) is 2.38. The standard InChI is InChI=1S/C13H21N3O3/c1-2-3-13(4-6-14-7-5-13)12(19)16-8-10(17)15-11(18)9-16/h14H,2-9H2,1H3,(H,15,17,18). The van der Waals surface area contributed by atoms with Crippen molar-refractivity contribution >= 4 is 17.7 Å². The molecule has 0 bridgehead atoms. The Morgan fingerprint density at radius 3 is 2.32 bits per heavy atom. The molecule has 0 atom stereocenters. The third kappa shape index (κ3) is 2.94. The lowest BCUT2D eigenvalue weighted by atomic mass is 9.74. The number of piperazine rings is 1. The second-order valence-electron chi connectivity index (χ2n) is 5.41. The molecule has 6 heteroatoms. The minimum absolute atomic E-state index is 0.00344. The van der Waals surface area contributed by atoms with Crippen LogP contribution in [0.4, 0.5) is 0 Å². The molecule has 2 saturated heterocycles. The minimum Gasteiger partial charge on any atom is -0.324 e. The molecule has 0 radical (unpaired) electrons. The number of hydrogen-bond acceptors (Lipinski definition) is 4. The average molecular weight is 267 g/mol. The molecule has 0 unspecified atom stereocenters. The van der Waals surface area contributed by atoms with Crippen LogP contribution in [0.15, 0.2) is 0 Å². The van der Waals surface area contributed by atoms with Gasteiger partial charge < -0.3 is 10.2 Å². The highest BCUT2D eigenvalue weighted by molar-refractivity contribution is 6.03. The van der Waals surface area contributed by atoms with E-state index in [4.69, 9.17) is 0 Å². The summed E-state index contributed by atoms with van der Waals surface area (Å²) in [6.07, 6.45) is 3.32. The Hall–Kier alpha value is -1.43. The first-order chi connectivity index (χ1) is 9.07. The Labute approximate surface area is 112 Å². The van der Waals surface area contributed by atoms with E-state index in [1.807, 2.05) is 0 Å². The van der Waals surface area contributed by atoms with E-state index < -0.39 is 5.41 Å². The van der Waals surface area contributed by atoms with Crippen LogP contribution < -0.4 is 10.6 Å². The normalized spacial score (nSPS) is 23.1. The molecule has 19 heavy (non-hydrogen) atoms. The Balaban J connectivity index is 2.14. The highest BCUT2D eigenvalue weighted by atomic mass is 16.2. The fraction of sp³-hybridized carbons (Fsp3) is 0.769. The van der Waals surface area contributed by atoms with Crippen LogP contribution in [0.2, 0.25) is 0 Å². The van der Waals surface area contributed by atoms with Crippen LogP contribution in [-0.2, 0) is 14.4 Å². The molecular formula is C13H21N3O3. The molecule has 0 aromatic rings. The summed E-state index contributed by atoms with van der Waals surface area (Å²) in [5.74, 6) is -0.797. The van der Waals surface area contributed by atoms with Gasteiger partial charge in [-0.3, -0.25) is 19.7 Å². The molecule has 0 saturated carbocycles. The summed E-state index contributed by atoms with van der Waals surface area (Å²) in [5.41, 5.74) is -0.391. The summed E-state index contributed by atoms with van der Waals surface area (Å²) in [6, 6.07) is 0. The van der Waals surface area contributed by atoms with Gasteiger partial charge in [-0.15, -0.1) is 0 Å². The van der Waals surface area contributed by atoms with Crippen molar-refractivity contribution in [3.05, 3.63) is 0 Å². The van der Waals surface area contributed by atoms with Crippen molar-refractivity contribution in [3.63, 3.8) is 0 Å². The van der Waals surface area contributed by atoms with E-state index in [1.54, 1.807) is 0 Å². The van der Waals surface area contributed by atoms with Crippen molar-refractivity contribution in [3.8, 4) is 0 Å². The first-order valence-electron chi connectivity index (χ1n) is 6.90. The molecule has 2 aliphatic rings. The van der Waals surface area contributed by atoms with Crippen molar-refractivity contribution in [1.29, 1.82) is 0 Å². The zero-order chi connectivity index (χ0) is 13.9. The van der Waals surface area contributed by atoms with E-state index in [-0.39, 0.29) is 30.8 Å². The van der Waals surface area contributed by atoms with Gasteiger partial charge in [-0.05, 0) is 32.4 Å². The number of imide groups is 1. The van der Waals surface area contributed by atoms with Crippen molar-refractivity contribution in [1.82, 2.24) is 15.5 Å². The summed E-state index contributed by atoms with van der Waals surface area (Å²) in [6.45, 7) is 3.71. The van der Waals surface area contributed by atoms with Crippen LogP contribution in [0.25, 0.3) is 0 Å². The molecule has 106 valence electrons. The van der Waals surface area contributed by atoms with Gasteiger partial charge in [0.15, 0.2) is 0 Å². The largest absolute Gasteiger partial charge is 0.324 e. The zero-order valence-corrected chi connectivity index (χ0v) is 11.3. The Kier molecular flexibility index (Phi) is 4.19. The number of hydrogen-bond donors (Lipinski definition) is 2. The van der Waals surface area contributed by atoms with Gasteiger partial charge in [0.05, 0.1) is 5.41 Å². The second kappa shape index (κ2) is 5.69. The highest BCUT2D eigenvalue weighted by Crippen LogP contribution is 2.36. The van der Waals surface area contributed by atoms with Crippen molar-refractivity contribution < 1.29 is 14.4 Å². The molecule has 0 aromatic carbocycles. The van der Waals surface area contributed by atoms with Gasteiger partial charge >= 0.3 is 0 Å². The second-order valence-corrected chi connectivity index (χ2v) is 5.41. The molecule has 0 spiro atoms. The summed E-state index contributed by atoms with van der Waals surface area (Å²) < 4.78 is 0. The summed E-state index contributed by atoms with van der Waals surface area (Å²) in [4.78, 5) is 36.9. The third-order valence-corrected chi connectivity index (χ3v) is 3.98. The fourth-order valence-corrected chi connectivity index (χ4v) is 3.07. The number of nitrogens with zero attached hydrogens (tertiary/aromatic N) is 1. The summed E-state index contributed by atoms with van der Waals surface area (Å²) in [5, 5.41) is 5.48. The van der Waals surface area contributed by atoms with Crippen molar-refractivity contribution in [2.45, 2.75) is 32.6 Å². The fourth-order valence-electron chi connectivity index (χ4n) is 3.07. The predicted molar refractivity (Wildman–Crippen MR) is 69.2 cm³/mol. The first kappa shape index (κ1) is 14.0. The van der Waals surface area contributed by atoms with Crippen LogP contribution in [0.1, 0.15) is 32.6 Å². The molecule has 2 aliphatic heterocycles. The maximum absolute atomic E-state index is 12.7. The monoisotopic (exact) mass is 267 g/mol. The molecule has 6 nitrogen and oxygen atoms in total. The predicted octanol–water partition coefficient (Wildman–Crippen LogP) is -0.359. The number of amides is 3. The number of carbonyl (C=O) groups is 3. The van der Waals surface area contributed by atoms with Gasteiger partial charge in [-0.2, -0.15) is 0 Å². The lowest BCUT2D eigenvalue weighted by Crippen LogP contribution is -2.58. The highest BCUT2D eigenvalue weighted by Gasteiger charge is 2.43. The number of piperidine rings is 1. The lowest BCUT2D eigenvalue weighted by molar-refractivity contribution is -0.153. The SMILES string of the molecule is CCCC1(C(=O)N2CC(=O)NC(=O)C2)CCNCC1. The van der Waals surface area contributed by atoms with Crippen molar-refractivity contribution in [2.75, 3.05) is 26.2 Å². The van der Waals surface area contributed by atoms with Crippen molar-refractivity contribution in [2.24, 2.45) is 5.41 Å². The van der Waals surface area contributed by atoms with Gasteiger partial charge in [0, 0.05) is 0 Å². The van der Waals surface area contributed by atoms with E-state index in [9.17, 15) is 14.4 Å². The third-order valence-electron chi connectivity index (χ3n) is 3.98. The van der Waals surface area contributed by atoms with Crippen LogP contribution >= 0.6 is 0 Å². The maximum Gasteiger partial charge on any atom is 0.246 e. The molecule has 2 N–H and O–H groups in total. The Morgan fingerprint density at radius 1 is 1.21 bits per heavy atom. The number of nitrogens with one attached hydrogen (secondary N) is 2. The van der Waals surface area contributed by atoms with Crippen LogP contribution in [0.3, 0.4) is 0 Å². The molecular weight excluding hydrogens is 246 g/mol. The lowest BCUT2D eigenvalue weighted by Gasteiger charge is -2.40. The van der Waals surface area contributed by atoms with E-state index in [0.29, 0.717) is 0 Å². The van der Waals surface area contributed by atoms with Crippen LogP contribution in [-0.4, -0.2) is 48.8 Å². The quantitative estimate of drug-likeness (QED) is 0.685. The number of carbonyl (C=O) groups excluding carboxylic acids is 3. The molecule has 2 heterocycles. The van der Waals surface area contributed by atoms with Crippen LogP contribution in [0, 0.1) is 5.41 Å². The van der Waals surface area contributed by atoms with E-state index >= 15 is 0 Å². The van der Waals surface area contributed by atoms with Gasteiger partial charge in [0.25, 0.3) is 0 Å². The Morgan fingerprint density at radius 2 is 1.79 bits per heavy atom. The van der Waals surface area contributed by atoms with E-state index in [0.717, 1.165) is 38.8 Å². The van der Waals surface area contributed by atoms with Gasteiger partial charge in [-0.25, -0.2) is 0 Å². The van der Waals surface area contributed by atoms with E-state index in [2.05, 4.69) is 17.6 Å². The minimum atomic E-state index is -0.391. The van der Waals surface area contributed by atoms with Gasteiger partial charge in [0.2, 0.25) is 17.7 Å². The van der Waals surface area contributed by atoms with Crippen LogP contribution in [0.5, 0.6) is 0 Å². The Bertz CT molecular complexity index is 367. The topological polar surface area (TPSA) is 78.5 Å². The van der Waals surface area contributed by atoms with Gasteiger partial charge in [0.1, 0.15) is 13.1 Å². The van der Waals surface area contributed by atoms with Gasteiger partial charge in [-0.1, -0.05) is 13.3 Å². The maximum atomic E-state index is 12.7. The molecule has 3 amide bonds. The molecule has 0 aliphatic carbocycles. The number of rotatable bonds is 3. The smallest absolute Gasteiger partial charge is 0.246 e. The molecule has 2 fully saturated rings.